The third-order valence-corrected chi connectivity index (χ3v) is 6.99. The molecule has 0 atom stereocenters. The van der Waals surface area contributed by atoms with E-state index in [9.17, 15) is 4.79 Å². The van der Waals surface area contributed by atoms with Gasteiger partial charge in [0.15, 0.2) is 11.4 Å². The number of hydrogen-bond donors (Lipinski definition) is 0. The molecule has 37 heavy (non-hydrogen) atoms. The Balaban J connectivity index is 1.24. The van der Waals surface area contributed by atoms with Crippen molar-refractivity contribution in [3.8, 4) is 22.5 Å². The maximum atomic E-state index is 13.5. The van der Waals surface area contributed by atoms with Crippen LogP contribution in [0.5, 0.6) is 0 Å². The number of piperazine rings is 1. The van der Waals surface area contributed by atoms with E-state index in [1.807, 2.05) is 60.7 Å². The first-order valence-corrected chi connectivity index (χ1v) is 12.8. The van der Waals surface area contributed by atoms with Crippen molar-refractivity contribution < 1.29 is 4.79 Å². The molecule has 3 aromatic carbocycles. The highest BCUT2D eigenvalue weighted by Crippen LogP contribution is 2.27. The minimum Gasteiger partial charge on any atom is -0.297 e. The summed E-state index contributed by atoms with van der Waals surface area (Å²) in [5.74, 6) is 0.0585. The second-order valence-corrected chi connectivity index (χ2v) is 9.51. The first-order chi connectivity index (χ1) is 18.2. The number of fused-ring (bicyclic) bond motifs is 1. The molecule has 6 nitrogen and oxygen atoms in total. The van der Waals surface area contributed by atoms with Crippen LogP contribution in [0.25, 0.3) is 28.2 Å². The van der Waals surface area contributed by atoms with Crippen molar-refractivity contribution in [3.63, 3.8) is 0 Å². The number of benzene rings is 3. The molecule has 0 aliphatic carbocycles. The largest absolute Gasteiger partial charge is 0.297 e. The van der Waals surface area contributed by atoms with Gasteiger partial charge in [0.05, 0.1) is 29.7 Å². The molecule has 0 amide bonds. The van der Waals surface area contributed by atoms with E-state index in [-0.39, 0.29) is 5.78 Å². The summed E-state index contributed by atoms with van der Waals surface area (Å²) >= 11 is 0. The predicted molar refractivity (Wildman–Crippen MR) is 146 cm³/mol. The molecule has 3 heterocycles. The topological polar surface area (TPSA) is 53.7 Å². The Bertz CT molecular complexity index is 1490. The average molecular weight is 488 g/mol. The summed E-state index contributed by atoms with van der Waals surface area (Å²) in [5.41, 5.74) is 6.29. The van der Waals surface area contributed by atoms with E-state index in [1.54, 1.807) is 10.7 Å². The van der Waals surface area contributed by atoms with Gasteiger partial charge in [-0.15, -0.1) is 0 Å². The lowest BCUT2D eigenvalue weighted by Crippen LogP contribution is -2.47. The number of hydrogen-bond acceptors (Lipinski definition) is 5. The molecule has 1 aliphatic heterocycles. The van der Waals surface area contributed by atoms with Gasteiger partial charge in [-0.1, -0.05) is 91.0 Å². The van der Waals surface area contributed by atoms with Crippen LogP contribution in [0.3, 0.4) is 0 Å². The molecule has 1 saturated heterocycles. The molecule has 2 aromatic heterocycles. The Labute approximate surface area is 216 Å². The molecule has 0 bridgehead atoms. The Morgan fingerprint density at radius 1 is 0.730 bits per heavy atom. The number of nitrogens with zero attached hydrogens (tertiary/aromatic N) is 5. The maximum absolute atomic E-state index is 13.5. The predicted octanol–water partition coefficient (Wildman–Crippen LogP) is 5.06. The van der Waals surface area contributed by atoms with E-state index < -0.39 is 0 Å². The van der Waals surface area contributed by atoms with Crippen LogP contribution in [0, 0.1) is 0 Å². The van der Waals surface area contributed by atoms with Crippen molar-refractivity contribution >= 4 is 11.4 Å². The number of ketones is 1. The third-order valence-electron chi connectivity index (χ3n) is 6.99. The van der Waals surface area contributed by atoms with Crippen LogP contribution in [0.15, 0.2) is 103 Å². The Morgan fingerprint density at radius 3 is 2.00 bits per heavy atom. The molecule has 6 rings (SSSR count). The van der Waals surface area contributed by atoms with E-state index in [0.717, 1.165) is 55.2 Å². The van der Waals surface area contributed by atoms with Gasteiger partial charge in [0.2, 0.25) is 0 Å². The second-order valence-electron chi connectivity index (χ2n) is 9.51. The summed E-state index contributed by atoms with van der Waals surface area (Å²) in [6.45, 7) is 4.96. The molecule has 1 aliphatic rings. The molecule has 0 saturated carbocycles. The summed E-state index contributed by atoms with van der Waals surface area (Å²) in [5, 5.41) is 4.61. The summed E-state index contributed by atoms with van der Waals surface area (Å²) in [6.07, 6.45) is 1.68. The first kappa shape index (κ1) is 23.3. The maximum Gasteiger partial charge on any atom is 0.182 e. The van der Waals surface area contributed by atoms with Gasteiger partial charge < -0.3 is 0 Å². The lowest BCUT2D eigenvalue weighted by atomic mass is 10.1. The van der Waals surface area contributed by atoms with Gasteiger partial charge in [0, 0.05) is 43.9 Å². The number of carbonyl (C=O) groups excluding carboxylic acids is 1. The third kappa shape index (κ3) is 5.07. The summed E-state index contributed by atoms with van der Waals surface area (Å²) < 4.78 is 1.80. The zero-order valence-corrected chi connectivity index (χ0v) is 20.7. The van der Waals surface area contributed by atoms with E-state index in [1.165, 1.54) is 5.56 Å². The molecule has 184 valence electrons. The fourth-order valence-corrected chi connectivity index (χ4v) is 4.97. The number of carbonyl (C=O) groups is 1. The highest BCUT2D eigenvalue weighted by atomic mass is 16.1. The molecule has 6 heteroatoms. The fourth-order valence-electron chi connectivity index (χ4n) is 4.97. The molecular weight excluding hydrogens is 458 g/mol. The van der Waals surface area contributed by atoms with Crippen molar-refractivity contribution in [3.05, 3.63) is 114 Å². The number of Topliss-reactive ketones (excluding diaryl/α,β-unsaturated/α-hetero) is 1. The zero-order chi connectivity index (χ0) is 25.0. The van der Waals surface area contributed by atoms with Crippen LogP contribution >= 0.6 is 0 Å². The molecule has 0 spiro atoms. The van der Waals surface area contributed by atoms with Gasteiger partial charge in [0.1, 0.15) is 0 Å². The Morgan fingerprint density at radius 2 is 1.32 bits per heavy atom. The Kier molecular flexibility index (Phi) is 6.58. The lowest BCUT2D eigenvalue weighted by Gasteiger charge is -2.34. The molecule has 0 radical (unpaired) electrons. The molecule has 5 aromatic rings. The quantitative estimate of drug-likeness (QED) is 0.300. The molecule has 0 N–H and O–H groups in total. The summed E-state index contributed by atoms with van der Waals surface area (Å²) in [4.78, 5) is 23.1. The summed E-state index contributed by atoms with van der Waals surface area (Å²) in [7, 11) is 0. The van der Waals surface area contributed by atoms with Gasteiger partial charge in [0.25, 0.3) is 0 Å². The van der Waals surface area contributed by atoms with Crippen molar-refractivity contribution in [1.29, 1.82) is 0 Å². The molecule has 1 fully saturated rings. The van der Waals surface area contributed by atoms with Crippen molar-refractivity contribution in [2.75, 3.05) is 32.7 Å². The molecular formula is C31H29N5O. The van der Waals surface area contributed by atoms with Gasteiger partial charge in [-0.2, -0.15) is 5.10 Å². The SMILES string of the molecule is O=C(CN1CCN(Cc2ccccc2)CC1)c1cnn2c(-c3ccccc3)cc(-c3ccccc3)nc12. The van der Waals surface area contributed by atoms with Crippen LogP contribution < -0.4 is 0 Å². The van der Waals surface area contributed by atoms with Crippen LogP contribution in [-0.4, -0.2) is 62.9 Å². The van der Waals surface area contributed by atoms with Crippen molar-refractivity contribution in [2.24, 2.45) is 0 Å². The van der Waals surface area contributed by atoms with E-state index >= 15 is 0 Å². The fraction of sp³-hybridized carbons (Fsp3) is 0.194. The normalized spacial score (nSPS) is 14.7. The van der Waals surface area contributed by atoms with Crippen molar-refractivity contribution in [1.82, 2.24) is 24.4 Å². The Hall–Kier alpha value is -4.13. The van der Waals surface area contributed by atoms with E-state index in [4.69, 9.17) is 4.98 Å². The minimum atomic E-state index is 0.0585. The average Bonchev–Trinajstić information content (AvgIpc) is 3.39. The second kappa shape index (κ2) is 10.5. The smallest absolute Gasteiger partial charge is 0.182 e. The monoisotopic (exact) mass is 487 g/mol. The van der Waals surface area contributed by atoms with Gasteiger partial charge in [-0.05, 0) is 11.6 Å². The summed E-state index contributed by atoms with van der Waals surface area (Å²) in [6, 6.07) is 32.8. The standard InChI is InChI=1S/C31H29N5O/c37-30(23-35-18-16-34(17-19-35)22-24-10-4-1-5-11-24)27-21-32-36-29(26-14-8-3-9-15-26)20-28(33-31(27)36)25-12-6-2-7-13-25/h1-15,20-21H,16-19,22-23H2. The van der Waals surface area contributed by atoms with E-state index in [0.29, 0.717) is 17.8 Å². The lowest BCUT2D eigenvalue weighted by molar-refractivity contribution is 0.0845. The number of aromatic nitrogens is 3. The first-order valence-electron chi connectivity index (χ1n) is 12.8. The highest BCUT2D eigenvalue weighted by Gasteiger charge is 2.23. The van der Waals surface area contributed by atoms with Crippen LogP contribution in [-0.2, 0) is 6.54 Å². The zero-order valence-electron chi connectivity index (χ0n) is 20.7. The van der Waals surface area contributed by atoms with Gasteiger partial charge >= 0.3 is 0 Å². The van der Waals surface area contributed by atoms with E-state index in [2.05, 4.69) is 51.3 Å². The van der Waals surface area contributed by atoms with Gasteiger partial charge in [-0.25, -0.2) is 9.50 Å². The van der Waals surface area contributed by atoms with Gasteiger partial charge in [-0.3, -0.25) is 14.6 Å². The van der Waals surface area contributed by atoms with Crippen LogP contribution in [0.4, 0.5) is 0 Å². The van der Waals surface area contributed by atoms with Crippen molar-refractivity contribution in [2.45, 2.75) is 6.54 Å². The van der Waals surface area contributed by atoms with Crippen LogP contribution in [0.2, 0.25) is 0 Å². The highest BCUT2D eigenvalue weighted by molar-refractivity contribution is 6.03. The minimum absolute atomic E-state index is 0.0585. The van der Waals surface area contributed by atoms with Crippen LogP contribution in [0.1, 0.15) is 15.9 Å². The molecule has 0 unspecified atom stereocenters. The number of rotatable bonds is 7.